The fourth-order valence-corrected chi connectivity index (χ4v) is 3.57. The maximum absolute atomic E-state index is 9.55. The van der Waals surface area contributed by atoms with Crippen LogP contribution in [-0.4, -0.2) is 110 Å². The van der Waals surface area contributed by atoms with Crippen molar-refractivity contribution < 1.29 is 44.3 Å². The molecule has 2 aromatic heterocycles. The van der Waals surface area contributed by atoms with E-state index >= 15 is 0 Å². The summed E-state index contributed by atoms with van der Waals surface area (Å²) in [6, 6.07) is 4.00. The number of imidazole rings is 1. The third kappa shape index (κ3) is 15.3. The van der Waals surface area contributed by atoms with Gasteiger partial charge in [-0.25, -0.2) is 29.1 Å². The van der Waals surface area contributed by atoms with Crippen LogP contribution in [0.4, 0.5) is 0 Å². The zero-order chi connectivity index (χ0) is 29.8. The number of aryl methyl sites for hydroxylation is 1. The molecule has 40 heavy (non-hydrogen) atoms. The van der Waals surface area contributed by atoms with E-state index in [4.69, 9.17) is 30.1 Å². The second-order valence-corrected chi connectivity index (χ2v) is 8.29. The van der Waals surface area contributed by atoms with Crippen molar-refractivity contribution in [2.45, 2.75) is 32.7 Å². The summed E-state index contributed by atoms with van der Waals surface area (Å²) in [5, 5.41) is 34.7. The van der Waals surface area contributed by atoms with Crippen molar-refractivity contribution >= 4 is 35.0 Å². The molecule has 1 saturated heterocycles. The Hall–Kier alpha value is -4.14. The Morgan fingerprint density at radius 1 is 0.925 bits per heavy atom. The molecule has 1 fully saturated rings. The maximum atomic E-state index is 9.55. The fraction of sp³-hybridized carbons (Fsp3) is 0.462. The molecule has 2 aromatic rings. The van der Waals surface area contributed by atoms with Crippen LogP contribution in [0.25, 0.3) is 11.2 Å². The number of hydrogen-bond acceptors (Lipinski definition) is 9. The molecule has 1 aliphatic rings. The molecule has 3 heterocycles. The minimum absolute atomic E-state index is 0.558. The van der Waals surface area contributed by atoms with Crippen LogP contribution in [0, 0.1) is 0 Å². The summed E-state index contributed by atoms with van der Waals surface area (Å²) in [6.45, 7) is 10.1. The highest BCUT2D eigenvalue weighted by atomic mass is 16.5. The topological polar surface area (TPSA) is 204 Å². The Morgan fingerprint density at radius 2 is 1.50 bits per heavy atom. The first-order chi connectivity index (χ1) is 19.1. The van der Waals surface area contributed by atoms with E-state index in [0.29, 0.717) is 30.9 Å². The number of rotatable bonds is 13. The highest BCUT2D eigenvalue weighted by Crippen LogP contribution is 2.15. The number of fused-ring (bicyclic) bond motifs is 1. The van der Waals surface area contributed by atoms with Gasteiger partial charge in [-0.05, 0) is 38.4 Å². The van der Waals surface area contributed by atoms with E-state index < -0.39 is 23.9 Å². The van der Waals surface area contributed by atoms with Gasteiger partial charge < -0.3 is 39.9 Å². The molecule has 0 amide bonds. The van der Waals surface area contributed by atoms with Crippen molar-refractivity contribution in [1.29, 1.82) is 0 Å². The van der Waals surface area contributed by atoms with Gasteiger partial charge in [-0.1, -0.05) is 0 Å². The van der Waals surface area contributed by atoms with Gasteiger partial charge in [-0.2, -0.15) is 0 Å². The number of aromatic nitrogens is 3. The number of nitrogens with zero attached hydrogens (tertiary/aromatic N) is 4. The average molecular weight is 564 g/mol. The monoisotopic (exact) mass is 563 g/mol. The van der Waals surface area contributed by atoms with Crippen LogP contribution >= 0.6 is 0 Å². The molecule has 5 N–H and O–H groups in total. The van der Waals surface area contributed by atoms with E-state index in [1.54, 1.807) is 0 Å². The molecule has 0 aliphatic carbocycles. The molecule has 0 atom stereocenters. The minimum Gasteiger partial charge on any atom is -0.478 e. The van der Waals surface area contributed by atoms with Gasteiger partial charge in [0.2, 0.25) is 0 Å². The molecular formula is C26H37N5O9. The SMILES string of the molecule is CCOCCn1c(CCCCN2CCNCC2)nc2cccnc21.O=C(O)C=CC(=O)O.O=C(O)C=CC(=O)O. The molecule has 0 aromatic carbocycles. The van der Waals surface area contributed by atoms with Gasteiger partial charge in [0.05, 0.1) is 6.61 Å². The molecule has 0 unspecified atom stereocenters. The second-order valence-electron chi connectivity index (χ2n) is 8.29. The zero-order valence-electron chi connectivity index (χ0n) is 22.4. The quantitative estimate of drug-likeness (QED) is 0.171. The van der Waals surface area contributed by atoms with Crippen molar-refractivity contribution in [3.8, 4) is 0 Å². The predicted octanol–water partition coefficient (Wildman–Crippen LogP) is 1.12. The number of aliphatic carboxylic acids is 4. The van der Waals surface area contributed by atoms with Gasteiger partial charge in [0.1, 0.15) is 11.3 Å². The van der Waals surface area contributed by atoms with Crippen LogP contribution in [0.1, 0.15) is 25.6 Å². The Balaban J connectivity index is 0.000000412. The lowest BCUT2D eigenvalue weighted by atomic mass is 10.2. The van der Waals surface area contributed by atoms with Gasteiger partial charge in [0, 0.05) is 76.3 Å². The number of hydrogen-bond donors (Lipinski definition) is 5. The molecule has 0 spiro atoms. The highest BCUT2D eigenvalue weighted by molar-refractivity contribution is 5.90. The number of carboxylic acid groups (broad SMARTS) is 4. The number of piperazine rings is 1. The third-order valence-electron chi connectivity index (χ3n) is 5.32. The van der Waals surface area contributed by atoms with Crippen molar-refractivity contribution in [2.75, 3.05) is 45.9 Å². The lowest BCUT2D eigenvalue weighted by molar-refractivity contribution is -0.134. The summed E-state index contributed by atoms with van der Waals surface area (Å²) in [5.41, 5.74) is 1.97. The number of carboxylic acids is 4. The summed E-state index contributed by atoms with van der Waals surface area (Å²) in [7, 11) is 0. The standard InChI is InChI=1S/C18H29N5O.2C4H4O4/c1-2-24-15-14-23-17(21-16-6-5-8-20-18(16)23)7-3-4-11-22-12-9-19-10-13-22;2*5-3(6)1-2-4(7)8/h5-6,8,19H,2-4,7,9-15H2,1H3;2*1-2H,(H,5,6)(H,7,8). The number of unbranched alkanes of at least 4 members (excludes halogenated alkanes) is 1. The smallest absolute Gasteiger partial charge is 0.328 e. The van der Waals surface area contributed by atoms with Gasteiger partial charge >= 0.3 is 23.9 Å². The van der Waals surface area contributed by atoms with E-state index in [9.17, 15) is 19.2 Å². The van der Waals surface area contributed by atoms with E-state index in [2.05, 4.69) is 19.8 Å². The maximum Gasteiger partial charge on any atom is 0.328 e. The minimum atomic E-state index is -1.26. The van der Waals surface area contributed by atoms with Crippen LogP contribution in [0.15, 0.2) is 42.6 Å². The lowest BCUT2D eigenvalue weighted by Gasteiger charge is -2.27. The molecule has 0 bridgehead atoms. The second kappa shape index (κ2) is 19.9. The Kier molecular flexibility index (Phi) is 16.8. The zero-order valence-corrected chi connectivity index (χ0v) is 22.4. The van der Waals surface area contributed by atoms with Gasteiger partial charge in [0.25, 0.3) is 0 Å². The van der Waals surface area contributed by atoms with Crippen LogP contribution < -0.4 is 5.32 Å². The van der Waals surface area contributed by atoms with Crippen molar-refractivity contribution in [1.82, 2.24) is 24.8 Å². The van der Waals surface area contributed by atoms with E-state index in [1.165, 1.54) is 32.5 Å². The first kappa shape index (κ1) is 33.9. The molecule has 0 radical (unpaired) electrons. The normalized spacial score (nSPS) is 13.4. The van der Waals surface area contributed by atoms with Crippen LogP contribution in [0.3, 0.4) is 0 Å². The number of pyridine rings is 1. The Labute approximate surface area is 231 Å². The molecule has 14 heteroatoms. The fourth-order valence-electron chi connectivity index (χ4n) is 3.57. The summed E-state index contributed by atoms with van der Waals surface area (Å²) in [5.74, 6) is -3.89. The first-order valence-electron chi connectivity index (χ1n) is 12.7. The van der Waals surface area contributed by atoms with Gasteiger partial charge in [-0.3, -0.25) is 0 Å². The summed E-state index contributed by atoms with van der Waals surface area (Å²) in [6.07, 6.45) is 7.48. The number of carbonyl (C=O) groups is 4. The molecule has 3 rings (SSSR count). The van der Waals surface area contributed by atoms with Crippen LogP contribution in [0.2, 0.25) is 0 Å². The average Bonchev–Trinajstić information content (AvgIpc) is 3.27. The lowest BCUT2D eigenvalue weighted by Crippen LogP contribution is -2.43. The van der Waals surface area contributed by atoms with Crippen LogP contribution in [-0.2, 0) is 36.9 Å². The van der Waals surface area contributed by atoms with E-state index in [-0.39, 0.29) is 0 Å². The predicted molar refractivity (Wildman–Crippen MR) is 145 cm³/mol. The molecule has 0 saturated carbocycles. The Bertz CT molecular complexity index is 1070. The number of nitrogens with one attached hydrogen (secondary N) is 1. The Morgan fingerprint density at radius 3 is 2.02 bits per heavy atom. The van der Waals surface area contributed by atoms with Crippen LogP contribution in [0.5, 0.6) is 0 Å². The van der Waals surface area contributed by atoms with Gasteiger partial charge in [0.15, 0.2) is 5.65 Å². The molecular weight excluding hydrogens is 526 g/mol. The summed E-state index contributed by atoms with van der Waals surface area (Å²) >= 11 is 0. The molecule has 14 nitrogen and oxygen atoms in total. The van der Waals surface area contributed by atoms with Crippen molar-refractivity contribution in [3.63, 3.8) is 0 Å². The third-order valence-corrected chi connectivity index (χ3v) is 5.32. The molecule has 220 valence electrons. The highest BCUT2D eigenvalue weighted by Gasteiger charge is 2.12. The van der Waals surface area contributed by atoms with E-state index in [0.717, 1.165) is 49.7 Å². The molecule has 1 aliphatic heterocycles. The largest absolute Gasteiger partial charge is 0.478 e. The van der Waals surface area contributed by atoms with Crippen molar-refractivity contribution in [2.24, 2.45) is 0 Å². The number of ether oxygens (including phenoxy) is 1. The van der Waals surface area contributed by atoms with Crippen molar-refractivity contribution in [3.05, 3.63) is 48.5 Å². The van der Waals surface area contributed by atoms with Gasteiger partial charge in [-0.15, -0.1) is 0 Å². The first-order valence-corrected chi connectivity index (χ1v) is 12.7. The summed E-state index contributed by atoms with van der Waals surface area (Å²) < 4.78 is 7.76. The van der Waals surface area contributed by atoms with E-state index in [1.807, 2.05) is 25.3 Å². The summed E-state index contributed by atoms with van der Waals surface area (Å²) in [4.78, 5) is 50.1.